The smallest absolute Gasteiger partial charge is 0.217 e. The topological polar surface area (TPSA) is 44.4 Å². The van der Waals surface area contributed by atoms with Gasteiger partial charge in [-0.15, -0.1) is 0 Å². The number of rotatable bonds is 3. The van der Waals surface area contributed by atoms with E-state index < -0.39 is 0 Å². The van der Waals surface area contributed by atoms with Crippen LogP contribution < -0.4 is 15.5 Å². The predicted molar refractivity (Wildman–Crippen MR) is 69.0 cm³/mol. The summed E-state index contributed by atoms with van der Waals surface area (Å²) in [4.78, 5) is 12.8. The Kier molecular flexibility index (Phi) is 4.15. The van der Waals surface area contributed by atoms with Crippen molar-refractivity contribution < 1.29 is 9.18 Å². The molecule has 18 heavy (non-hydrogen) atoms. The Labute approximate surface area is 106 Å². The summed E-state index contributed by atoms with van der Waals surface area (Å²) in [6, 6.07) is 5.14. The van der Waals surface area contributed by atoms with Gasteiger partial charge in [0.05, 0.1) is 5.69 Å². The Morgan fingerprint density at radius 2 is 2.17 bits per heavy atom. The molecule has 4 nitrogen and oxygen atoms in total. The minimum absolute atomic E-state index is 0.110. The number of benzene rings is 1. The van der Waals surface area contributed by atoms with Gasteiger partial charge >= 0.3 is 0 Å². The van der Waals surface area contributed by atoms with Crippen molar-refractivity contribution in [3.8, 4) is 0 Å². The van der Waals surface area contributed by atoms with Crippen LogP contribution in [-0.2, 0) is 11.3 Å². The molecular formula is C13H18FN3O. The second kappa shape index (κ2) is 5.82. The molecule has 1 saturated heterocycles. The van der Waals surface area contributed by atoms with E-state index in [4.69, 9.17) is 0 Å². The molecule has 1 aliphatic rings. The summed E-state index contributed by atoms with van der Waals surface area (Å²) in [5.41, 5.74) is 1.42. The molecule has 1 fully saturated rings. The Bertz CT molecular complexity index is 430. The number of nitrogens with zero attached hydrogens (tertiary/aromatic N) is 1. The van der Waals surface area contributed by atoms with Gasteiger partial charge in [0, 0.05) is 39.6 Å². The average Bonchev–Trinajstić information content (AvgIpc) is 2.37. The highest BCUT2D eigenvalue weighted by molar-refractivity contribution is 5.72. The quantitative estimate of drug-likeness (QED) is 0.838. The number of carbonyl (C=O) groups excluding carboxylic acids is 1. The lowest BCUT2D eigenvalue weighted by atomic mass is 10.1. The molecule has 1 aliphatic heterocycles. The van der Waals surface area contributed by atoms with Crippen molar-refractivity contribution in [2.75, 3.05) is 31.1 Å². The maximum Gasteiger partial charge on any atom is 0.217 e. The zero-order valence-electron chi connectivity index (χ0n) is 10.5. The molecular weight excluding hydrogens is 233 g/mol. The highest BCUT2D eigenvalue weighted by Gasteiger charge is 2.14. The van der Waals surface area contributed by atoms with Gasteiger partial charge in [-0.3, -0.25) is 4.79 Å². The minimum atomic E-state index is -0.222. The molecule has 1 heterocycles. The second-order valence-electron chi connectivity index (χ2n) is 4.43. The maximum atomic E-state index is 14.0. The molecule has 0 spiro atoms. The van der Waals surface area contributed by atoms with Crippen LogP contribution in [0, 0.1) is 5.82 Å². The fourth-order valence-corrected chi connectivity index (χ4v) is 2.05. The van der Waals surface area contributed by atoms with Crippen molar-refractivity contribution in [2.24, 2.45) is 0 Å². The lowest BCUT2D eigenvalue weighted by molar-refractivity contribution is -0.119. The molecule has 1 amide bonds. The zero-order chi connectivity index (χ0) is 13.0. The molecule has 0 aromatic heterocycles. The summed E-state index contributed by atoms with van der Waals surface area (Å²) < 4.78 is 14.0. The van der Waals surface area contributed by atoms with Crippen LogP contribution in [0.5, 0.6) is 0 Å². The Morgan fingerprint density at radius 1 is 1.44 bits per heavy atom. The molecule has 0 unspecified atom stereocenters. The van der Waals surface area contributed by atoms with E-state index >= 15 is 0 Å². The third-order valence-corrected chi connectivity index (χ3v) is 3.01. The van der Waals surface area contributed by atoms with Crippen LogP contribution in [0.3, 0.4) is 0 Å². The number of amides is 1. The Morgan fingerprint density at radius 3 is 2.78 bits per heavy atom. The van der Waals surface area contributed by atoms with Gasteiger partial charge in [0.15, 0.2) is 0 Å². The third-order valence-electron chi connectivity index (χ3n) is 3.01. The zero-order valence-corrected chi connectivity index (χ0v) is 10.5. The van der Waals surface area contributed by atoms with Crippen molar-refractivity contribution in [2.45, 2.75) is 13.5 Å². The van der Waals surface area contributed by atoms with Crippen LogP contribution in [0.15, 0.2) is 18.2 Å². The first-order valence-electron chi connectivity index (χ1n) is 6.15. The van der Waals surface area contributed by atoms with Gasteiger partial charge in [-0.05, 0) is 17.7 Å². The van der Waals surface area contributed by atoms with E-state index in [0.29, 0.717) is 12.2 Å². The maximum absolute atomic E-state index is 14.0. The second-order valence-corrected chi connectivity index (χ2v) is 4.43. The van der Waals surface area contributed by atoms with Gasteiger partial charge < -0.3 is 15.5 Å². The number of halogens is 1. The molecule has 1 aromatic rings. The third kappa shape index (κ3) is 3.20. The van der Waals surface area contributed by atoms with E-state index in [9.17, 15) is 9.18 Å². The van der Waals surface area contributed by atoms with Crippen molar-refractivity contribution in [1.29, 1.82) is 0 Å². The number of anilines is 1. The van der Waals surface area contributed by atoms with Gasteiger partial charge in [-0.2, -0.15) is 0 Å². The first-order chi connectivity index (χ1) is 8.66. The van der Waals surface area contributed by atoms with E-state index in [1.54, 1.807) is 6.07 Å². The van der Waals surface area contributed by atoms with E-state index in [2.05, 4.69) is 10.6 Å². The van der Waals surface area contributed by atoms with Gasteiger partial charge in [0.1, 0.15) is 5.82 Å². The number of piperazine rings is 1. The molecule has 0 aliphatic carbocycles. The molecule has 2 rings (SSSR count). The fourth-order valence-electron chi connectivity index (χ4n) is 2.05. The lowest BCUT2D eigenvalue weighted by Gasteiger charge is -2.29. The minimum Gasteiger partial charge on any atom is -0.367 e. The van der Waals surface area contributed by atoms with Gasteiger partial charge in [0.25, 0.3) is 0 Å². The van der Waals surface area contributed by atoms with Crippen molar-refractivity contribution >= 4 is 11.6 Å². The molecule has 98 valence electrons. The van der Waals surface area contributed by atoms with Crippen molar-refractivity contribution in [3.63, 3.8) is 0 Å². The van der Waals surface area contributed by atoms with Crippen molar-refractivity contribution in [1.82, 2.24) is 10.6 Å². The predicted octanol–water partition coefficient (Wildman–Crippen LogP) is 0.871. The highest BCUT2D eigenvalue weighted by atomic mass is 19.1. The van der Waals surface area contributed by atoms with Crippen LogP contribution in [0.4, 0.5) is 10.1 Å². The number of carbonyl (C=O) groups is 1. The normalized spacial score (nSPS) is 15.6. The van der Waals surface area contributed by atoms with Gasteiger partial charge in [-0.1, -0.05) is 6.07 Å². The van der Waals surface area contributed by atoms with Crippen molar-refractivity contribution in [3.05, 3.63) is 29.6 Å². The first kappa shape index (κ1) is 12.8. The monoisotopic (exact) mass is 251 g/mol. The molecule has 0 atom stereocenters. The SMILES string of the molecule is CC(=O)NCc1ccc(N2CCNCC2)c(F)c1. The van der Waals surface area contributed by atoms with Crippen LogP contribution in [0.1, 0.15) is 12.5 Å². The molecule has 0 radical (unpaired) electrons. The van der Waals surface area contributed by atoms with Crippen LogP contribution in [0.25, 0.3) is 0 Å². The van der Waals surface area contributed by atoms with Crippen LogP contribution >= 0.6 is 0 Å². The van der Waals surface area contributed by atoms with E-state index in [0.717, 1.165) is 31.7 Å². The number of nitrogens with one attached hydrogen (secondary N) is 2. The summed E-state index contributed by atoms with van der Waals surface area (Å²) >= 11 is 0. The molecule has 5 heteroatoms. The standard InChI is InChI=1S/C13H18FN3O/c1-10(18)16-9-11-2-3-13(12(14)8-11)17-6-4-15-5-7-17/h2-3,8,15H,4-7,9H2,1H3,(H,16,18). The van der Waals surface area contributed by atoms with Crippen LogP contribution in [-0.4, -0.2) is 32.1 Å². The summed E-state index contributed by atoms with van der Waals surface area (Å²) in [7, 11) is 0. The summed E-state index contributed by atoms with van der Waals surface area (Å²) in [6.07, 6.45) is 0. The number of hydrogen-bond acceptors (Lipinski definition) is 3. The average molecular weight is 251 g/mol. The van der Waals surface area contributed by atoms with Gasteiger partial charge in [-0.25, -0.2) is 4.39 Å². The van der Waals surface area contributed by atoms with E-state index in [1.165, 1.54) is 13.0 Å². The van der Waals surface area contributed by atoms with Gasteiger partial charge in [0.2, 0.25) is 5.91 Å². The molecule has 0 bridgehead atoms. The summed E-state index contributed by atoms with van der Waals surface area (Å²) in [5, 5.41) is 5.90. The largest absolute Gasteiger partial charge is 0.367 e. The highest BCUT2D eigenvalue weighted by Crippen LogP contribution is 2.20. The molecule has 0 saturated carbocycles. The fraction of sp³-hybridized carbons (Fsp3) is 0.462. The van der Waals surface area contributed by atoms with E-state index in [1.807, 2.05) is 11.0 Å². The Balaban J connectivity index is 2.06. The first-order valence-corrected chi connectivity index (χ1v) is 6.15. The number of hydrogen-bond donors (Lipinski definition) is 2. The Hall–Kier alpha value is -1.62. The summed E-state index contributed by atoms with van der Waals surface area (Å²) in [5.74, 6) is -0.332. The van der Waals surface area contributed by atoms with Crippen LogP contribution in [0.2, 0.25) is 0 Å². The lowest BCUT2D eigenvalue weighted by Crippen LogP contribution is -2.43. The summed E-state index contributed by atoms with van der Waals surface area (Å²) in [6.45, 7) is 5.23. The van der Waals surface area contributed by atoms with E-state index in [-0.39, 0.29) is 11.7 Å². The molecule has 2 N–H and O–H groups in total. The molecule has 1 aromatic carbocycles.